The maximum absolute atomic E-state index is 9.94. The van der Waals surface area contributed by atoms with Crippen molar-refractivity contribution < 1.29 is 9.84 Å². The molecular weight excluding hydrogens is 228 g/mol. The lowest BCUT2D eigenvalue weighted by Crippen LogP contribution is -2.50. The third kappa shape index (κ3) is 3.67. The van der Waals surface area contributed by atoms with Crippen molar-refractivity contribution in [2.75, 3.05) is 26.8 Å². The maximum atomic E-state index is 9.94. The number of aliphatic hydroxyl groups excluding tert-OH is 1. The molecule has 4 nitrogen and oxygen atoms in total. The van der Waals surface area contributed by atoms with Crippen LogP contribution in [-0.2, 0) is 4.74 Å². The predicted octanol–water partition coefficient (Wildman–Crippen LogP) is 0.989. The van der Waals surface area contributed by atoms with Gasteiger partial charge in [0.25, 0.3) is 0 Å². The summed E-state index contributed by atoms with van der Waals surface area (Å²) < 4.78 is 5.04. The van der Waals surface area contributed by atoms with Crippen LogP contribution in [0.25, 0.3) is 0 Å². The number of hydrogen-bond acceptors (Lipinski definition) is 4. The monoisotopic (exact) mass is 256 g/mol. The fourth-order valence-electron chi connectivity index (χ4n) is 3.55. The van der Waals surface area contributed by atoms with Crippen LogP contribution in [0, 0.1) is 0 Å². The van der Waals surface area contributed by atoms with Crippen LogP contribution in [0.15, 0.2) is 0 Å². The molecule has 2 N–H and O–H groups in total. The molecule has 18 heavy (non-hydrogen) atoms. The third-order valence-corrected chi connectivity index (χ3v) is 4.28. The normalized spacial score (nSPS) is 33.0. The fraction of sp³-hybridized carbons (Fsp3) is 1.00. The highest BCUT2D eigenvalue weighted by atomic mass is 16.5. The van der Waals surface area contributed by atoms with Gasteiger partial charge in [-0.3, -0.25) is 4.90 Å². The first kappa shape index (κ1) is 14.3. The lowest BCUT2D eigenvalue weighted by molar-refractivity contribution is 0.0191. The number of aliphatic hydroxyl groups is 1. The summed E-state index contributed by atoms with van der Waals surface area (Å²) in [6.07, 6.45) is 5.96. The van der Waals surface area contributed by atoms with Gasteiger partial charge in [0, 0.05) is 31.8 Å². The van der Waals surface area contributed by atoms with E-state index >= 15 is 0 Å². The molecule has 3 unspecified atom stereocenters. The van der Waals surface area contributed by atoms with E-state index < -0.39 is 0 Å². The molecule has 0 aromatic heterocycles. The second kappa shape index (κ2) is 6.85. The van der Waals surface area contributed by atoms with Crippen LogP contribution >= 0.6 is 0 Å². The third-order valence-electron chi connectivity index (χ3n) is 4.28. The van der Waals surface area contributed by atoms with Gasteiger partial charge in [0.05, 0.1) is 12.7 Å². The Labute approximate surface area is 111 Å². The number of piperidine rings is 1. The molecule has 2 bridgehead atoms. The van der Waals surface area contributed by atoms with E-state index in [1.807, 2.05) is 0 Å². The lowest BCUT2D eigenvalue weighted by Gasteiger charge is -2.38. The highest BCUT2D eigenvalue weighted by Crippen LogP contribution is 2.29. The van der Waals surface area contributed by atoms with E-state index in [-0.39, 0.29) is 6.10 Å². The minimum atomic E-state index is -0.353. The molecule has 0 radical (unpaired) electrons. The van der Waals surface area contributed by atoms with Gasteiger partial charge >= 0.3 is 0 Å². The van der Waals surface area contributed by atoms with E-state index in [4.69, 9.17) is 4.74 Å². The SMILES string of the molecule is CCCN(CC(O)COC)C1CC2CCC(C1)N2. The number of methoxy groups -OCH3 is 1. The van der Waals surface area contributed by atoms with Gasteiger partial charge in [-0.05, 0) is 38.6 Å². The molecule has 0 amide bonds. The van der Waals surface area contributed by atoms with Crippen molar-refractivity contribution in [1.82, 2.24) is 10.2 Å². The lowest BCUT2D eigenvalue weighted by atomic mass is 9.97. The second-order valence-electron chi connectivity index (χ2n) is 5.87. The molecular formula is C14H28N2O2. The first-order chi connectivity index (χ1) is 8.72. The van der Waals surface area contributed by atoms with Crippen molar-refractivity contribution in [1.29, 1.82) is 0 Å². The number of nitrogens with one attached hydrogen (secondary N) is 1. The maximum Gasteiger partial charge on any atom is 0.0900 e. The van der Waals surface area contributed by atoms with Crippen molar-refractivity contribution >= 4 is 0 Å². The van der Waals surface area contributed by atoms with Crippen LogP contribution in [0.3, 0.4) is 0 Å². The zero-order valence-electron chi connectivity index (χ0n) is 11.8. The molecule has 0 spiro atoms. The molecule has 2 rings (SSSR count). The molecule has 106 valence electrons. The van der Waals surface area contributed by atoms with Gasteiger partial charge in [-0.2, -0.15) is 0 Å². The van der Waals surface area contributed by atoms with Crippen LogP contribution in [0.4, 0.5) is 0 Å². The smallest absolute Gasteiger partial charge is 0.0900 e. The first-order valence-corrected chi connectivity index (χ1v) is 7.40. The zero-order valence-corrected chi connectivity index (χ0v) is 11.8. The molecule has 2 fully saturated rings. The largest absolute Gasteiger partial charge is 0.389 e. The number of hydrogen-bond donors (Lipinski definition) is 2. The standard InChI is InChI=1S/C14H28N2O2/c1-3-6-16(9-14(17)10-18-2)13-7-11-4-5-12(8-13)15-11/h11-15,17H,3-10H2,1-2H3. The molecule has 2 aliphatic rings. The van der Waals surface area contributed by atoms with Gasteiger partial charge in [-0.25, -0.2) is 0 Å². The van der Waals surface area contributed by atoms with E-state index in [9.17, 15) is 5.11 Å². The highest BCUT2D eigenvalue weighted by molar-refractivity contribution is 4.95. The van der Waals surface area contributed by atoms with Crippen LogP contribution in [-0.4, -0.2) is 61.0 Å². The van der Waals surface area contributed by atoms with Gasteiger partial charge in [0.2, 0.25) is 0 Å². The summed E-state index contributed by atoms with van der Waals surface area (Å²) in [5.41, 5.74) is 0. The second-order valence-corrected chi connectivity index (χ2v) is 5.87. The Morgan fingerprint density at radius 1 is 1.33 bits per heavy atom. The van der Waals surface area contributed by atoms with Crippen LogP contribution in [0.5, 0.6) is 0 Å². The van der Waals surface area contributed by atoms with E-state index in [1.165, 1.54) is 25.7 Å². The zero-order chi connectivity index (χ0) is 13.0. The van der Waals surface area contributed by atoms with E-state index in [1.54, 1.807) is 7.11 Å². The Bertz CT molecular complexity index is 238. The molecule has 2 saturated heterocycles. The van der Waals surface area contributed by atoms with Gasteiger partial charge in [0.1, 0.15) is 0 Å². The van der Waals surface area contributed by atoms with E-state index in [2.05, 4.69) is 17.1 Å². The fourth-order valence-corrected chi connectivity index (χ4v) is 3.55. The molecule has 0 aromatic carbocycles. The van der Waals surface area contributed by atoms with Crippen molar-refractivity contribution in [3.05, 3.63) is 0 Å². The predicted molar refractivity (Wildman–Crippen MR) is 72.7 cm³/mol. The average Bonchev–Trinajstić information content (AvgIpc) is 2.68. The molecule has 0 aromatic rings. The van der Waals surface area contributed by atoms with Crippen LogP contribution < -0.4 is 5.32 Å². The minimum Gasteiger partial charge on any atom is -0.389 e. The Balaban J connectivity index is 1.88. The number of nitrogens with zero attached hydrogens (tertiary/aromatic N) is 1. The van der Waals surface area contributed by atoms with Gasteiger partial charge in [0.15, 0.2) is 0 Å². The Kier molecular flexibility index (Phi) is 5.42. The van der Waals surface area contributed by atoms with Crippen molar-refractivity contribution in [2.24, 2.45) is 0 Å². The Morgan fingerprint density at radius 3 is 2.56 bits per heavy atom. The van der Waals surface area contributed by atoms with Gasteiger partial charge in [-0.1, -0.05) is 6.92 Å². The molecule has 2 heterocycles. The highest BCUT2D eigenvalue weighted by Gasteiger charge is 2.36. The molecule has 4 heteroatoms. The van der Waals surface area contributed by atoms with Gasteiger partial charge < -0.3 is 15.2 Å². The van der Waals surface area contributed by atoms with E-state index in [0.29, 0.717) is 24.7 Å². The number of rotatable bonds is 7. The molecule has 0 aliphatic carbocycles. The average molecular weight is 256 g/mol. The first-order valence-electron chi connectivity index (χ1n) is 7.40. The van der Waals surface area contributed by atoms with Crippen molar-refractivity contribution in [3.63, 3.8) is 0 Å². The topological polar surface area (TPSA) is 44.7 Å². The van der Waals surface area contributed by atoms with Crippen LogP contribution in [0.2, 0.25) is 0 Å². The van der Waals surface area contributed by atoms with Crippen molar-refractivity contribution in [2.45, 2.75) is 63.3 Å². The van der Waals surface area contributed by atoms with Crippen LogP contribution in [0.1, 0.15) is 39.0 Å². The summed E-state index contributed by atoms with van der Waals surface area (Å²) in [6, 6.07) is 2.08. The summed E-state index contributed by atoms with van der Waals surface area (Å²) in [5.74, 6) is 0. The Morgan fingerprint density at radius 2 is 2.00 bits per heavy atom. The quantitative estimate of drug-likeness (QED) is 0.713. The minimum absolute atomic E-state index is 0.353. The summed E-state index contributed by atoms with van der Waals surface area (Å²) >= 11 is 0. The Hall–Kier alpha value is -0.160. The van der Waals surface area contributed by atoms with Crippen molar-refractivity contribution in [3.8, 4) is 0 Å². The summed E-state index contributed by atoms with van der Waals surface area (Å²) in [7, 11) is 1.65. The molecule has 3 atom stereocenters. The number of ether oxygens (including phenoxy) is 1. The molecule has 2 aliphatic heterocycles. The summed E-state index contributed by atoms with van der Waals surface area (Å²) in [5, 5.41) is 13.6. The van der Waals surface area contributed by atoms with Gasteiger partial charge in [-0.15, -0.1) is 0 Å². The number of fused-ring (bicyclic) bond motifs is 2. The molecule has 0 saturated carbocycles. The summed E-state index contributed by atoms with van der Waals surface area (Å²) in [4.78, 5) is 2.48. The van der Waals surface area contributed by atoms with E-state index in [0.717, 1.165) is 19.5 Å². The summed E-state index contributed by atoms with van der Waals surface area (Å²) in [6.45, 7) is 4.50.